The third-order valence-electron chi connectivity index (χ3n) is 4.09. The van der Waals surface area contributed by atoms with Gasteiger partial charge in [-0.3, -0.25) is 0 Å². The molecule has 3 aromatic rings. The van der Waals surface area contributed by atoms with Crippen molar-refractivity contribution in [1.29, 1.82) is 0 Å². The van der Waals surface area contributed by atoms with E-state index in [1.54, 1.807) is 12.1 Å². The van der Waals surface area contributed by atoms with E-state index in [2.05, 4.69) is 0 Å². The van der Waals surface area contributed by atoms with E-state index in [1.165, 1.54) is 35.8 Å². The van der Waals surface area contributed by atoms with Crippen LogP contribution in [-0.4, -0.2) is 31.4 Å². The van der Waals surface area contributed by atoms with Crippen molar-refractivity contribution in [2.45, 2.75) is 18.4 Å². The average molecular weight is 422 g/mol. The second-order valence-electron chi connectivity index (χ2n) is 6.02. The summed E-state index contributed by atoms with van der Waals surface area (Å²) in [4.78, 5) is 5.74. The van der Waals surface area contributed by atoms with Gasteiger partial charge in [-0.1, -0.05) is 29.8 Å². The minimum Gasteiger partial charge on any atom is -0.317 e. The van der Waals surface area contributed by atoms with Crippen molar-refractivity contribution in [3.8, 4) is 11.3 Å². The molecule has 0 aliphatic rings. The summed E-state index contributed by atoms with van der Waals surface area (Å²) in [6.45, 7) is 2.71. The topological polar surface area (TPSA) is 54.7 Å². The van der Waals surface area contributed by atoms with Crippen LogP contribution < -0.4 is 4.80 Å². The normalized spacial score (nSPS) is 12.7. The monoisotopic (exact) mass is 421 g/mol. The number of sulfonamides is 1. The average Bonchev–Trinajstić information content (AvgIpc) is 3.05. The summed E-state index contributed by atoms with van der Waals surface area (Å²) in [5.74, 6) is 0. The number of para-hydroxylation sites is 1. The van der Waals surface area contributed by atoms with Crippen LogP contribution in [0.15, 0.2) is 63.8 Å². The van der Waals surface area contributed by atoms with E-state index in [1.807, 2.05) is 47.2 Å². The highest BCUT2D eigenvalue weighted by atomic mass is 35.5. The zero-order valence-electron chi connectivity index (χ0n) is 15.3. The first-order valence-corrected chi connectivity index (χ1v) is 11.0. The Balaban J connectivity index is 2.17. The maximum Gasteiger partial charge on any atom is 0.242 e. The third-order valence-corrected chi connectivity index (χ3v) is 7.09. The number of hydrogen-bond donors (Lipinski definition) is 0. The summed E-state index contributed by atoms with van der Waals surface area (Å²) in [7, 11) is -0.518. The predicted molar refractivity (Wildman–Crippen MR) is 111 cm³/mol. The minimum atomic E-state index is -3.54. The van der Waals surface area contributed by atoms with Crippen LogP contribution in [0, 0.1) is 0 Å². The second-order valence-corrected chi connectivity index (χ2v) is 9.42. The van der Waals surface area contributed by atoms with Gasteiger partial charge in [0.05, 0.1) is 21.3 Å². The molecule has 142 valence electrons. The van der Waals surface area contributed by atoms with Crippen LogP contribution in [0.25, 0.3) is 11.3 Å². The molecule has 0 spiro atoms. The highest BCUT2D eigenvalue weighted by Gasteiger charge is 2.20. The van der Waals surface area contributed by atoms with Gasteiger partial charge in [-0.05, 0) is 37.3 Å². The standard InChI is InChI=1S/C19H20ClN3O2S2/c1-4-23-18(13-26-19(23)21-14-8-6-5-7-9-14)16-12-15(10-11-17(16)20)27(24,25)22(2)3/h5-13H,4H2,1-3H3. The van der Waals surface area contributed by atoms with Crippen LogP contribution in [-0.2, 0) is 16.6 Å². The SMILES string of the molecule is CCn1c(-c2cc(S(=O)(=O)N(C)C)ccc2Cl)csc1=Nc1ccccc1. The van der Waals surface area contributed by atoms with Gasteiger partial charge in [0.2, 0.25) is 10.0 Å². The van der Waals surface area contributed by atoms with Crippen molar-refractivity contribution < 1.29 is 8.42 Å². The van der Waals surface area contributed by atoms with Crippen LogP contribution in [0.3, 0.4) is 0 Å². The molecular weight excluding hydrogens is 402 g/mol. The van der Waals surface area contributed by atoms with Gasteiger partial charge < -0.3 is 4.57 Å². The van der Waals surface area contributed by atoms with E-state index in [0.717, 1.165) is 16.2 Å². The maximum atomic E-state index is 12.5. The first-order valence-electron chi connectivity index (χ1n) is 8.35. The predicted octanol–water partition coefficient (Wildman–Crippen LogP) is 4.37. The summed E-state index contributed by atoms with van der Waals surface area (Å²) < 4.78 is 28.2. The number of nitrogens with zero attached hydrogens (tertiary/aromatic N) is 3. The zero-order valence-corrected chi connectivity index (χ0v) is 17.6. The second kappa shape index (κ2) is 7.98. The van der Waals surface area contributed by atoms with Crippen molar-refractivity contribution in [3.05, 3.63) is 63.7 Å². The molecule has 0 saturated carbocycles. The fraction of sp³-hybridized carbons (Fsp3) is 0.211. The van der Waals surface area contributed by atoms with Crippen molar-refractivity contribution in [2.75, 3.05) is 14.1 Å². The molecule has 0 atom stereocenters. The molecule has 1 heterocycles. The Kier molecular flexibility index (Phi) is 5.86. The van der Waals surface area contributed by atoms with Crippen LogP contribution in [0.5, 0.6) is 0 Å². The Bertz CT molecular complexity index is 1120. The van der Waals surface area contributed by atoms with Crippen LogP contribution in [0.1, 0.15) is 6.92 Å². The fourth-order valence-electron chi connectivity index (χ4n) is 2.62. The molecule has 0 saturated heterocycles. The Morgan fingerprint density at radius 2 is 1.85 bits per heavy atom. The number of rotatable bonds is 5. The van der Waals surface area contributed by atoms with Gasteiger partial charge in [-0.2, -0.15) is 0 Å². The Morgan fingerprint density at radius 3 is 2.48 bits per heavy atom. The zero-order chi connectivity index (χ0) is 19.6. The molecule has 0 aliphatic carbocycles. The molecule has 0 bridgehead atoms. The fourth-order valence-corrected chi connectivity index (χ4v) is 4.75. The lowest BCUT2D eigenvalue weighted by Crippen LogP contribution is -2.22. The molecule has 0 fully saturated rings. The van der Waals surface area contributed by atoms with E-state index in [9.17, 15) is 8.42 Å². The summed E-state index contributed by atoms with van der Waals surface area (Å²) in [6, 6.07) is 14.5. The minimum absolute atomic E-state index is 0.210. The number of hydrogen-bond acceptors (Lipinski definition) is 4. The summed E-state index contributed by atoms with van der Waals surface area (Å²) in [5, 5.41) is 2.46. The first kappa shape index (κ1) is 19.8. The van der Waals surface area contributed by atoms with Crippen molar-refractivity contribution in [1.82, 2.24) is 8.87 Å². The van der Waals surface area contributed by atoms with Crippen LogP contribution >= 0.6 is 22.9 Å². The van der Waals surface area contributed by atoms with Gasteiger partial charge in [0.25, 0.3) is 0 Å². The molecule has 1 aromatic heterocycles. The molecule has 0 N–H and O–H groups in total. The molecule has 27 heavy (non-hydrogen) atoms. The van der Waals surface area contributed by atoms with Crippen LogP contribution in [0.4, 0.5) is 5.69 Å². The molecule has 5 nitrogen and oxygen atoms in total. The first-order chi connectivity index (χ1) is 12.8. The van der Waals surface area contributed by atoms with Crippen molar-refractivity contribution in [3.63, 3.8) is 0 Å². The lowest BCUT2D eigenvalue weighted by molar-refractivity contribution is 0.521. The van der Waals surface area contributed by atoms with Gasteiger partial charge in [0, 0.05) is 31.6 Å². The molecule has 0 amide bonds. The van der Waals surface area contributed by atoms with Gasteiger partial charge in [-0.15, -0.1) is 11.3 Å². The third kappa shape index (κ3) is 4.01. The molecule has 8 heteroatoms. The van der Waals surface area contributed by atoms with E-state index in [-0.39, 0.29) is 4.90 Å². The highest BCUT2D eigenvalue weighted by molar-refractivity contribution is 7.89. The van der Waals surface area contributed by atoms with E-state index >= 15 is 0 Å². The Morgan fingerprint density at radius 1 is 1.15 bits per heavy atom. The molecule has 0 unspecified atom stereocenters. The van der Waals surface area contributed by atoms with Crippen molar-refractivity contribution in [2.24, 2.45) is 4.99 Å². The van der Waals surface area contributed by atoms with Gasteiger partial charge in [-0.25, -0.2) is 17.7 Å². The lowest BCUT2D eigenvalue weighted by Gasteiger charge is -2.14. The lowest BCUT2D eigenvalue weighted by atomic mass is 10.1. The summed E-state index contributed by atoms with van der Waals surface area (Å²) in [6.07, 6.45) is 0. The summed E-state index contributed by atoms with van der Waals surface area (Å²) >= 11 is 7.91. The number of thiazole rings is 1. The van der Waals surface area contributed by atoms with Gasteiger partial charge in [0.15, 0.2) is 4.80 Å². The largest absolute Gasteiger partial charge is 0.317 e. The number of benzene rings is 2. The van der Waals surface area contributed by atoms with Crippen LogP contribution in [0.2, 0.25) is 5.02 Å². The Hall–Kier alpha value is -1.93. The number of halogens is 1. The molecule has 0 aliphatic heterocycles. The molecule has 3 rings (SSSR count). The highest BCUT2D eigenvalue weighted by Crippen LogP contribution is 2.31. The Labute approximate surface area is 168 Å². The summed E-state index contributed by atoms with van der Waals surface area (Å²) in [5.41, 5.74) is 2.38. The molecular formula is C19H20ClN3O2S2. The quantitative estimate of drug-likeness (QED) is 0.614. The van der Waals surface area contributed by atoms with Gasteiger partial charge >= 0.3 is 0 Å². The molecule has 0 radical (unpaired) electrons. The molecule has 2 aromatic carbocycles. The van der Waals surface area contributed by atoms with E-state index < -0.39 is 10.0 Å². The van der Waals surface area contributed by atoms with Gasteiger partial charge in [0.1, 0.15) is 0 Å². The maximum absolute atomic E-state index is 12.5. The smallest absolute Gasteiger partial charge is 0.242 e. The van der Waals surface area contributed by atoms with Crippen molar-refractivity contribution >= 4 is 38.6 Å². The van der Waals surface area contributed by atoms with E-state index in [4.69, 9.17) is 16.6 Å². The van der Waals surface area contributed by atoms with E-state index in [0.29, 0.717) is 17.1 Å². The number of aromatic nitrogens is 1.